The lowest BCUT2D eigenvalue weighted by molar-refractivity contribution is -0.173. The van der Waals surface area contributed by atoms with E-state index >= 15 is 0 Å². The summed E-state index contributed by atoms with van der Waals surface area (Å²) in [6.45, 7) is 0.881. The summed E-state index contributed by atoms with van der Waals surface area (Å²) in [5.74, 6) is -2.04. The second-order valence-electron chi connectivity index (χ2n) is 1.97. The van der Waals surface area contributed by atoms with Crippen LogP contribution in [0, 0.1) is 0 Å². The minimum absolute atomic E-state index is 0.881. The Kier molecular flexibility index (Phi) is 2.37. The average Bonchev–Trinajstić information content (AvgIpc) is 1.59. The molecule has 0 spiro atoms. The molecule has 0 amide bonds. The van der Waals surface area contributed by atoms with Crippen LogP contribution in [0.4, 0.5) is 13.2 Å². The van der Waals surface area contributed by atoms with E-state index in [0.717, 1.165) is 6.92 Å². The highest BCUT2D eigenvalue weighted by atomic mass is 32.1. The van der Waals surface area contributed by atoms with Gasteiger partial charge in [-0.1, -0.05) is 0 Å². The van der Waals surface area contributed by atoms with Crippen LogP contribution >= 0.6 is 12.6 Å². The minimum Gasteiger partial charge on any atom is -0.311 e. The Morgan fingerprint density at radius 3 is 1.80 bits per heavy atom. The molecule has 0 saturated carbocycles. The molecule has 0 aliphatic heterocycles. The molecule has 2 nitrogen and oxygen atoms in total. The van der Waals surface area contributed by atoms with Crippen LogP contribution in [0.1, 0.15) is 6.92 Å². The van der Waals surface area contributed by atoms with E-state index < -0.39 is 16.8 Å². The molecule has 0 saturated heterocycles. The van der Waals surface area contributed by atoms with E-state index in [0.29, 0.717) is 0 Å². The van der Waals surface area contributed by atoms with Crippen LogP contribution in [-0.2, 0) is 4.79 Å². The van der Waals surface area contributed by atoms with Crippen molar-refractivity contribution in [2.24, 2.45) is 5.73 Å². The highest BCUT2D eigenvalue weighted by molar-refractivity contribution is 7.82. The predicted octanol–water partition coefficient (Wildman–Crippen LogP) is 0.723. The number of alkyl halides is 3. The normalized spacial score (nSPS) is 18.2. The number of hydrogen-bond donors (Lipinski definition) is 2. The van der Waals surface area contributed by atoms with E-state index in [1.165, 1.54) is 0 Å². The monoisotopic (exact) mass is 173 g/mol. The Bertz CT molecular complexity index is 132. The Balaban J connectivity index is 4.40. The van der Waals surface area contributed by atoms with Crippen LogP contribution in [0.25, 0.3) is 0 Å². The molecule has 0 heterocycles. The van der Waals surface area contributed by atoms with Crippen molar-refractivity contribution < 1.29 is 18.0 Å². The summed E-state index contributed by atoms with van der Waals surface area (Å²) < 4.78 is 34.4. The minimum atomic E-state index is -4.90. The molecule has 0 aromatic heterocycles. The van der Waals surface area contributed by atoms with Gasteiger partial charge in [0.2, 0.25) is 0 Å². The largest absolute Gasteiger partial charge is 0.452 e. The summed E-state index contributed by atoms with van der Waals surface area (Å²) in [4.78, 5) is 8.03. The van der Waals surface area contributed by atoms with Gasteiger partial charge in [-0.25, -0.2) is 0 Å². The van der Waals surface area contributed by atoms with Gasteiger partial charge in [0.15, 0.2) is 0 Å². The van der Waals surface area contributed by atoms with Crippen molar-refractivity contribution >= 4 is 18.4 Å². The van der Waals surface area contributed by atoms with Crippen molar-refractivity contribution in [3.63, 3.8) is 0 Å². The zero-order valence-electron chi connectivity index (χ0n) is 5.07. The SMILES string of the molecule is CC(N)(S)C(=O)C(F)(F)F. The van der Waals surface area contributed by atoms with Crippen molar-refractivity contribution in [2.45, 2.75) is 18.0 Å². The van der Waals surface area contributed by atoms with Gasteiger partial charge < -0.3 is 5.73 Å². The molecule has 0 fully saturated rings. The summed E-state index contributed by atoms with van der Waals surface area (Å²) in [6, 6.07) is 0. The van der Waals surface area contributed by atoms with Crippen molar-refractivity contribution in [3.05, 3.63) is 0 Å². The van der Waals surface area contributed by atoms with Crippen LogP contribution < -0.4 is 5.73 Å². The maximum Gasteiger partial charge on any atom is 0.452 e. The molecule has 0 rings (SSSR count). The third-order valence-electron chi connectivity index (χ3n) is 0.717. The number of halogens is 3. The fourth-order valence-electron chi connectivity index (χ4n) is 0.287. The summed E-state index contributed by atoms with van der Waals surface area (Å²) in [6.07, 6.45) is -4.90. The first-order chi connectivity index (χ1) is 4.15. The molecular weight excluding hydrogens is 167 g/mol. The number of carbonyl (C=O) groups excluding carboxylic acids is 1. The highest BCUT2D eigenvalue weighted by Crippen LogP contribution is 2.23. The number of nitrogens with two attached hydrogens (primary N) is 1. The van der Waals surface area contributed by atoms with E-state index in [1.807, 2.05) is 0 Å². The predicted molar refractivity (Wildman–Crippen MR) is 32.6 cm³/mol. The molecule has 2 N–H and O–H groups in total. The molecule has 1 unspecified atom stereocenters. The summed E-state index contributed by atoms with van der Waals surface area (Å²) in [5, 5.41) is 0. The fourth-order valence-corrected chi connectivity index (χ4v) is 0.414. The first-order valence-corrected chi connectivity index (χ1v) is 2.73. The molecule has 10 heavy (non-hydrogen) atoms. The van der Waals surface area contributed by atoms with E-state index in [9.17, 15) is 18.0 Å². The van der Waals surface area contributed by atoms with E-state index in [1.54, 1.807) is 0 Å². The maximum atomic E-state index is 11.5. The van der Waals surface area contributed by atoms with Gasteiger partial charge in [-0.15, -0.1) is 12.6 Å². The smallest absolute Gasteiger partial charge is 0.311 e. The molecular formula is C4H6F3NOS. The third-order valence-corrected chi connectivity index (χ3v) is 0.920. The van der Waals surface area contributed by atoms with E-state index in [4.69, 9.17) is 5.73 Å². The lowest BCUT2D eigenvalue weighted by Gasteiger charge is -2.16. The third kappa shape index (κ3) is 2.57. The number of hydrogen-bond acceptors (Lipinski definition) is 3. The number of Topliss-reactive ketones (excluding diaryl/α,β-unsaturated/α-hetero) is 1. The fraction of sp³-hybridized carbons (Fsp3) is 0.750. The lowest BCUT2D eigenvalue weighted by atomic mass is 10.2. The zero-order valence-corrected chi connectivity index (χ0v) is 5.96. The van der Waals surface area contributed by atoms with Gasteiger partial charge in [0.05, 0.1) is 0 Å². The standard InChI is InChI=1S/C4H6F3NOS/c1-3(8,10)2(9)4(5,6)7/h10H,8H2,1H3. The second kappa shape index (κ2) is 2.43. The van der Waals surface area contributed by atoms with Crippen LogP contribution in [0.15, 0.2) is 0 Å². The van der Waals surface area contributed by atoms with Gasteiger partial charge in [-0.2, -0.15) is 13.2 Å². The molecule has 1 atom stereocenters. The van der Waals surface area contributed by atoms with Gasteiger partial charge in [0.25, 0.3) is 5.78 Å². The summed E-state index contributed by atoms with van der Waals surface area (Å²) in [7, 11) is 0. The molecule has 0 aromatic rings. The Hall–Kier alpha value is -0.230. The molecule has 60 valence electrons. The van der Waals surface area contributed by atoms with Crippen molar-refractivity contribution in [1.82, 2.24) is 0 Å². The highest BCUT2D eigenvalue weighted by Gasteiger charge is 2.46. The Morgan fingerprint density at radius 1 is 1.50 bits per heavy atom. The molecule has 0 aromatic carbocycles. The van der Waals surface area contributed by atoms with Gasteiger partial charge >= 0.3 is 6.18 Å². The maximum absolute atomic E-state index is 11.5. The molecule has 0 radical (unpaired) electrons. The molecule has 6 heteroatoms. The first kappa shape index (κ1) is 9.77. The number of carbonyl (C=O) groups is 1. The number of thiol groups is 1. The van der Waals surface area contributed by atoms with Gasteiger partial charge in [0, 0.05) is 0 Å². The zero-order chi connectivity index (χ0) is 8.58. The van der Waals surface area contributed by atoms with Crippen LogP contribution in [0.5, 0.6) is 0 Å². The van der Waals surface area contributed by atoms with Crippen molar-refractivity contribution in [3.8, 4) is 0 Å². The molecule has 0 aliphatic carbocycles. The topological polar surface area (TPSA) is 43.1 Å². The summed E-state index contributed by atoms with van der Waals surface area (Å²) in [5.41, 5.74) is 4.76. The summed E-state index contributed by atoms with van der Waals surface area (Å²) >= 11 is 3.25. The number of rotatable bonds is 1. The second-order valence-corrected chi connectivity index (χ2v) is 2.90. The van der Waals surface area contributed by atoms with Gasteiger partial charge in [-0.3, -0.25) is 4.79 Å². The van der Waals surface area contributed by atoms with Crippen LogP contribution in [0.3, 0.4) is 0 Å². The number of ketones is 1. The lowest BCUT2D eigenvalue weighted by Crippen LogP contribution is -2.46. The molecule has 0 aliphatic rings. The van der Waals surface area contributed by atoms with Crippen molar-refractivity contribution in [2.75, 3.05) is 0 Å². The first-order valence-electron chi connectivity index (χ1n) is 2.28. The van der Waals surface area contributed by atoms with Crippen LogP contribution in [-0.4, -0.2) is 16.8 Å². The van der Waals surface area contributed by atoms with E-state index in [2.05, 4.69) is 12.6 Å². The van der Waals surface area contributed by atoms with Crippen molar-refractivity contribution in [1.29, 1.82) is 0 Å². The molecule has 0 bridgehead atoms. The van der Waals surface area contributed by atoms with Gasteiger partial charge in [0.1, 0.15) is 4.87 Å². The quantitative estimate of drug-likeness (QED) is 0.453. The Labute approximate surface area is 61.0 Å². The average molecular weight is 173 g/mol. The van der Waals surface area contributed by atoms with Crippen LogP contribution in [0.2, 0.25) is 0 Å². The van der Waals surface area contributed by atoms with Gasteiger partial charge in [-0.05, 0) is 6.92 Å². The van der Waals surface area contributed by atoms with E-state index in [-0.39, 0.29) is 0 Å². The Morgan fingerprint density at radius 2 is 1.80 bits per heavy atom.